The fraction of sp³-hybridized carbons (Fsp3) is 1.00. The standard InChI is InChI=1S/C15H29NO/c1-11(2)16-10-13-14(3,4)15(13)8-6-12(17-5)7-9-15/h11-13,16H,6-10H2,1-5H3. The van der Waals surface area contributed by atoms with Crippen molar-refractivity contribution < 1.29 is 4.74 Å². The molecule has 2 heteroatoms. The van der Waals surface area contributed by atoms with Crippen LogP contribution in [0.1, 0.15) is 53.4 Å². The Hall–Kier alpha value is -0.0800. The van der Waals surface area contributed by atoms with Crippen LogP contribution in [0.3, 0.4) is 0 Å². The van der Waals surface area contributed by atoms with Gasteiger partial charge in [0.2, 0.25) is 0 Å². The number of ether oxygens (including phenoxy) is 1. The van der Waals surface area contributed by atoms with Gasteiger partial charge in [0.15, 0.2) is 0 Å². The highest BCUT2D eigenvalue weighted by Gasteiger charge is 2.69. The van der Waals surface area contributed by atoms with Crippen molar-refractivity contribution >= 4 is 0 Å². The summed E-state index contributed by atoms with van der Waals surface area (Å²) in [5.41, 5.74) is 1.15. The first-order valence-electron chi connectivity index (χ1n) is 7.20. The van der Waals surface area contributed by atoms with Crippen molar-refractivity contribution in [2.45, 2.75) is 65.5 Å². The van der Waals surface area contributed by atoms with E-state index in [0.717, 1.165) is 5.92 Å². The summed E-state index contributed by atoms with van der Waals surface area (Å²) in [6.45, 7) is 10.6. The normalized spacial score (nSPS) is 39.9. The molecule has 1 unspecified atom stereocenters. The molecule has 1 atom stereocenters. The molecule has 0 aliphatic heterocycles. The van der Waals surface area contributed by atoms with Crippen LogP contribution in [0.4, 0.5) is 0 Å². The Kier molecular flexibility index (Phi) is 3.57. The average molecular weight is 239 g/mol. The minimum absolute atomic E-state index is 0.524. The van der Waals surface area contributed by atoms with Gasteiger partial charge in [-0.3, -0.25) is 0 Å². The van der Waals surface area contributed by atoms with E-state index in [2.05, 4.69) is 33.0 Å². The van der Waals surface area contributed by atoms with Crippen LogP contribution in [0.5, 0.6) is 0 Å². The number of hydrogen-bond donors (Lipinski definition) is 1. The molecular formula is C15H29NO. The van der Waals surface area contributed by atoms with E-state index in [1.807, 2.05) is 7.11 Å². The minimum Gasteiger partial charge on any atom is -0.381 e. The third-order valence-electron chi connectivity index (χ3n) is 5.63. The van der Waals surface area contributed by atoms with Crippen molar-refractivity contribution in [3.05, 3.63) is 0 Å². The van der Waals surface area contributed by atoms with Gasteiger partial charge in [-0.1, -0.05) is 27.7 Å². The maximum Gasteiger partial charge on any atom is 0.0571 e. The van der Waals surface area contributed by atoms with Gasteiger partial charge >= 0.3 is 0 Å². The lowest BCUT2D eigenvalue weighted by Gasteiger charge is -2.30. The van der Waals surface area contributed by atoms with E-state index in [0.29, 0.717) is 23.0 Å². The molecule has 17 heavy (non-hydrogen) atoms. The van der Waals surface area contributed by atoms with Crippen LogP contribution in [0.2, 0.25) is 0 Å². The number of rotatable bonds is 4. The summed E-state index contributed by atoms with van der Waals surface area (Å²) in [4.78, 5) is 0. The van der Waals surface area contributed by atoms with Crippen molar-refractivity contribution in [2.24, 2.45) is 16.7 Å². The second kappa shape index (κ2) is 4.55. The van der Waals surface area contributed by atoms with Gasteiger partial charge in [0.1, 0.15) is 0 Å². The van der Waals surface area contributed by atoms with Gasteiger partial charge < -0.3 is 10.1 Å². The zero-order valence-electron chi connectivity index (χ0n) is 12.2. The Balaban J connectivity index is 1.93. The maximum atomic E-state index is 5.50. The van der Waals surface area contributed by atoms with Gasteiger partial charge in [0.05, 0.1) is 6.10 Å². The molecule has 0 aromatic carbocycles. The highest BCUT2D eigenvalue weighted by Crippen LogP contribution is 2.74. The minimum atomic E-state index is 0.524. The van der Waals surface area contributed by atoms with Crippen LogP contribution < -0.4 is 5.32 Å². The van der Waals surface area contributed by atoms with Gasteiger partial charge in [0.25, 0.3) is 0 Å². The van der Waals surface area contributed by atoms with E-state index in [-0.39, 0.29) is 0 Å². The lowest BCUT2D eigenvalue weighted by molar-refractivity contribution is 0.0433. The molecule has 2 aliphatic carbocycles. The summed E-state index contributed by atoms with van der Waals surface area (Å²) in [6.07, 6.45) is 5.78. The van der Waals surface area contributed by atoms with Crippen LogP contribution in [0.25, 0.3) is 0 Å². The van der Waals surface area contributed by atoms with Gasteiger partial charge in [0, 0.05) is 13.2 Å². The molecule has 2 nitrogen and oxygen atoms in total. The maximum absolute atomic E-state index is 5.50. The predicted octanol–water partition coefficient (Wildman–Crippen LogP) is 3.22. The van der Waals surface area contributed by atoms with E-state index in [4.69, 9.17) is 4.74 Å². The smallest absolute Gasteiger partial charge is 0.0571 e. The number of nitrogens with one attached hydrogen (secondary N) is 1. The fourth-order valence-electron chi connectivity index (χ4n) is 4.20. The number of hydrogen-bond acceptors (Lipinski definition) is 2. The molecule has 0 saturated heterocycles. The SMILES string of the molecule is COC1CCC2(CC1)C(CNC(C)C)C2(C)C. The lowest BCUT2D eigenvalue weighted by atomic mass is 9.79. The number of methoxy groups -OCH3 is 1. The van der Waals surface area contributed by atoms with Gasteiger partial charge in [-0.05, 0) is 49.0 Å². The monoisotopic (exact) mass is 239 g/mol. The van der Waals surface area contributed by atoms with Crippen LogP contribution >= 0.6 is 0 Å². The molecule has 2 saturated carbocycles. The summed E-state index contributed by atoms with van der Waals surface area (Å²) in [6, 6.07) is 0.610. The molecule has 100 valence electrons. The lowest BCUT2D eigenvalue weighted by Crippen LogP contribution is -2.28. The molecular weight excluding hydrogens is 210 g/mol. The average Bonchev–Trinajstić information content (AvgIpc) is 2.72. The summed E-state index contributed by atoms with van der Waals surface area (Å²) in [7, 11) is 1.86. The van der Waals surface area contributed by atoms with Crippen molar-refractivity contribution in [3.63, 3.8) is 0 Å². The third-order valence-corrected chi connectivity index (χ3v) is 5.63. The van der Waals surface area contributed by atoms with E-state index in [1.165, 1.54) is 32.2 Å². The van der Waals surface area contributed by atoms with Gasteiger partial charge in [-0.2, -0.15) is 0 Å². The highest BCUT2D eigenvalue weighted by atomic mass is 16.5. The molecule has 0 radical (unpaired) electrons. The Morgan fingerprint density at radius 2 is 1.82 bits per heavy atom. The van der Waals surface area contributed by atoms with Gasteiger partial charge in [-0.25, -0.2) is 0 Å². The molecule has 0 heterocycles. The quantitative estimate of drug-likeness (QED) is 0.813. The zero-order valence-corrected chi connectivity index (χ0v) is 12.2. The summed E-state index contributed by atoms with van der Waals surface area (Å²) >= 11 is 0. The predicted molar refractivity (Wildman–Crippen MR) is 72.1 cm³/mol. The summed E-state index contributed by atoms with van der Waals surface area (Å²) in [5.74, 6) is 0.871. The van der Waals surface area contributed by atoms with E-state index >= 15 is 0 Å². The van der Waals surface area contributed by atoms with Crippen molar-refractivity contribution in [2.75, 3.05) is 13.7 Å². The van der Waals surface area contributed by atoms with Crippen LogP contribution in [0.15, 0.2) is 0 Å². The Morgan fingerprint density at radius 3 is 2.29 bits per heavy atom. The first-order chi connectivity index (χ1) is 7.94. The van der Waals surface area contributed by atoms with Crippen LogP contribution in [-0.2, 0) is 4.74 Å². The molecule has 2 rings (SSSR count). The van der Waals surface area contributed by atoms with Crippen LogP contribution in [-0.4, -0.2) is 25.8 Å². The molecule has 1 N–H and O–H groups in total. The molecule has 0 aromatic rings. The second-order valence-electron chi connectivity index (χ2n) is 6.93. The molecule has 0 aromatic heterocycles. The Morgan fingerprint density at radius 1 is 1.24 bits per heavy atom. The highest BCUT2D eigenvalue weighted by molar-refractivity contribution is 5.18. The summed E-state index contributed by atoms with van der Waals surface area (Å²) < 4.78 is 5.50. The van der Waals surface area contributed by atoms with Crippen molar-refractivity contribution in [1.82, 2.24) is 5.32 Å². The molecule has 0 bridgehead atoms. The second-order valence-corrected chi connectivity index (χ2v) is 6.93. The largest absolute Gasteiger partial charge is 0.381 e. The van der Waals surface area contributed by atoms with E-state index in [9.17, 15) is 0 Å². The zero-order chi connectivity index (χ0) is 12.7. The van der Waals surface area contributed by atoms with Crippen LogP contribution in [0, 0.1) is 16.7 Å². The van der Waals surface area contributed by atoms with E-state index in [1.54, 1.807) is 0 Å². The third kappa shape index (κ3) is 2.15. The molecule has 1 spiro atoms. The van der Waals surface area contributed by atoms with Gasteiger partial charge in [-0.15, -0.1) is 0 Å². The van der Waals surface area contributed by atoms with E-state index < -0.39 is 0 Å². The summed E-state index contributed by atoms with van der Waals surface area (Å²) in [5, 5.41) is 3.63. The Bertz CT molecular complexity index is 264. The molecule has 2 fully saturated rings. The fourth-order valence-corrected chi connectivity index (χ4v) is 4.20. The molecule has 2 aliphatic rings. The van der Waals surface area contributed by atoms with Crippen molar-refractivity contribution in [1.29, 1.82) is 0 Å². The topological polar surface area (TPSA) is 21.3 Å². The Labute approximate surface area is 107 Å². The van der Waals surface area contributed by atoms with Crippen molar-refractivity contribution in [3.8, 4) is 0 Å². The first kappa shape index (κ1) is 13.4. The first-order valence-corrected chi connectivity index (χ1v) is 7.20. The molecule has 0 amide bonds.